The molecule has 3 aromatic rings. The fraction of sp³-hybridized carbons (Fsp3) is 0.167. The van der Waals surface area contributed by atoms with Crippen LogP contribution >= 0.6 is 11.6 Å². The van der Waals surface area contributed by atoms with E-state index in [1.54, 1.807) is 0 Å². The van der Waals surface area contributed by atoms with E-state index in [0.29, 0.717) is 0 Å². The van der Waals surface area contributed by atoms with Crippen molar-refractivity contribution in [3.05, 3.63) is 70.4 Å². The summed E-state index contributed by atoms with van der Waals surface area (Å²) < 4.78 is 0. The number of hydrogen-bond acceptors (Lipinski definition) is 2. The number of pyridine rings is 1. The topological polar surface area (TPSA) is 24.9 Å². The normalized spacial score (nSPS) is 10.8. The van der Waals surface area contributed by atoms with Gasteiger partial charge in [0.15, 0.2) is 0 Å². The zero-order valence-corrected chi connectivity index (χ0v) is 12.9. The molecule has 0 saturated heterocycles. The van der Waals surface area contributed by atoms with Gasteiger partial charge in [0, 0.05) is 28.8 Å². The van der Waals surface area contributed by atoms with Crippen LogP contribution in [0.15, 0.2) is 48.7 Å². The number of nitrogens with zero attached hydrogens (tertiary/aromatic N) is 1. The number of benzene rings is 2. The van der Waals surface area contributed by atoms with Crippen LogP contribution in [-0.4, -0.2) is 4.98 Å². The van der Waals surface area contributed by atoms with Crippen LogP contribution in [0, 0.1) is 13.8 Å². The number of hydrogen-bond donors (Lipinski definition) is 1. The Hall–Kier alpha value is -2.06. The van der Waals surface area contributed by atoms with Crippen molar-refractivity contribution in [2.24, 2.45) is 0 Å². The van der Waals surface area contributed by atoms with Crippen LogP contribution in [0.3, 0.4) is 0 Å². The van der Waals surface area contributed by atoms with Crippen molar-refractivity contribution < 1.29 is 0 Å². The molecule has 3 heteroatoms. The van der Waals surface area contributed by atoms with Crippen LogP contribution in [0.4, 0.5) is 5.69 Å². The lowest BCUT2D eigenvalue weighted by molar-refractivity contribution is 1.15. The summed E-state index contributed by atoms with van der Waals surface area (Å²) >= 11 is 6.17. The van der Waals surface area contributed by atoms with Gasteiger partial charge >= 0.3 is 0 Å². The summed E-state index contributed by atoms with van der Waals surface area (Å²) in [5, 5.41) is 5.44. The third kappa shape index (κ3) is 2.86. The van der Waals surface area contributed by atoms with Crippen LogP contribution in [0.25, 0.3) is 10.9 Å². The second-order valence-corrected chi connectivity index (χ2v) is 5.67. The predicted molar refractivity (Wildman–Crippen MR) is 90.0 cm³/mol. The minimum atomic E-state index is 0.743. The molecule has 0 saturated carbocycles. The summed E-state index contributed by atoms with van der Waals surface area (Å²) in [5.74, 6) is 0. The Bertz CT molecular complexity index is 796. The van der Waals surface area contributed by atoms with E-state index in [9.17, 15) is 0 Å². The van der Waals surface area contributed by atoms with Crippen LogP contribution < -0.4 is 5.32 Å². The van der Waals surface area contributed by atoms with Gasteiger partial charge in [-0.2, -0.15) is 0 Å². The summed E-state index contributed by atoms with van der Waals surface area (Å²) in [7, 11) is 0. The van der Waals surface area contributed by atoms with Crippen molar-refractivity contribution in [3.8, 4) is 0 Å². The zero-order valence-electron chi connectivity index (χ0n) is 12.2. The molecule has 1 heterocycles. The molecule has 106 valence electrons. The smallest absolute Gasteiger partial charge is 0.0751 e. The number of anilines is 1. The molecule has 2 nitrogen and oxygen atoms in total. The number of fused-ring (bicyclic) bond motifs is 1. The van der Waals surface area contributed by atoms with E-state index in [2.05, 4.69) is 41.5 Å². The highest BCUT2D eigenvalue weighted by Gasteiger charge is 2.04. The van der Waals surface area contributed by atoms with E-state index in [4.69, 9.17) is 11.6 Å². The first kappa shape index (κ1) is 13.9. The third-order valence-corrected chi connectivity index (χ3v) is 4.10. The Kier molecular flexibility index (Phi) is 3.80. The molecule has 0 unspecified atom stereocenters. The SMILES string of the molecule is Cc1ccc(CNc2ccc(C)c3ncccc23)cc1Cl. The molecule has 0 fully saturated rings. The van der Waals surface area contributed by atoms with Gasteiger partial charge in [-0.3, -0.25) is 4.98 Å². The summed E-state index contributed by atoms with van der Waals surface area (Å²) in [5.41, 5.74) is 5.60. The molecule has 21 heavy (non-hydrogen) atoms. The molecule has 0 aliphatic carbocycles. The van der Waals surface area contributed by atoms with E-state index in [-0.39, 0.29) is 0 Å². The Balaban J connectivity index is 1.88. The van der Waals surface area contributed by atoms with Crippen LogP contribution in [0.1, 0.15) is 16.7 Å². The summed E-state index contributed by atoms with van der Waals surface area (Å²) in [4.78, 5) is 4.46. The van der Waals surface area contributed by atoms with Gasteiger partial charge in [-0.25, -0.2) is 0 Å². The molecule has 0 aliphatic heterocycles. The second kappa shape index (κ2) is 5.74. The van der Waals surface area contributed by atoms with Gasteiger partial charge < -0.3 is 5.32 Å². The number of aromatic nitrogens is 1. The largest absolute Gasteiger partial charge is 0.380 e. The maximum absolute atomic E-state index is 6.17. The van der Waals surface area contributed by atoms with Crippen LogP contribution in [0.5, 0.6) is 0 Å². The molecule has 3 rings (SSSR count). The molecular weight excluding hydrogens is 280 g/mol. The fourth-order valence-electron chi connectivity index (χ4n) is 2.41. The third-order valence-electron chi connectivity index (χ3n) is 3.69. The highest BCUT2D eigenvalue weighted by Crippen LogP contribution is 2.25. The first-order valence-electron chi connectivity index (χ1n) is 6.98. The molecule has 2 aromatic carbocycles. The molecule has 0 aliphatic rings. The Morgan fingerprint density at radius 3 is 2.67 bits per heavy atom. The number of nitrogens with one attached hydrogen (secondary N) is 1. The Morgan fingerprint density at radius 2 is 1.86 bits per heavy atom. The van der Waals surface area contributed by atoms with Crippen molar-refractivity contribution in [2.45, 2.75) is 20.4 Å². The maximum atomic E-state index is 6.17. The number of aryl methyl sites for hydroxylation is 2. The van der Waals surface area contributed by atoms with Crippen molar-refractivity contribution in [1.82, 2.24) is 4.98 Å². The fourth-order valence-corrected chi connectivity index (χ4v) is 2.61. The van der Waals surface area contributed by atoms with Crippen LogP contribution in [0.2, 0.25) is 5.02 Å². The van der Waals surface area contributed by atoms with Gasteiger partial charge in [-0.05, 0) is 54.8 Å². The van der Waals surface area contributed by atoms with Crippen molar-refractivity contribution in [2.75, 3.05) is 5.32 Å². The van der Waals surface area contributed by atoms with Crippen molar-refractivity contribution in [1.29, 1.82) is 0 Å². The van der Waals surface area contributed by atoms with E-state index in [1.165, 1.54) is 11.1 Å². The molecule has 0 bridgehead atoms. The highest BCUT2D eigenvalue weighted by atomic mass is 35.5. The van der Waals surface area contributed by atoms with Gasteiger partial charge in [0.05, 0.1) is 5.52 Å². The van der Waals surface area contributed by atoms with Crippen molar-refractivity contribution >= 4 is 28.2 Å². The molecule has 1 N–H and O–H groups in total. The lowest BCUT2D eigenvalue weighted by atomic mass is 10.1. The Morgan fingerprint density at radius 1 is 1.05 bits per heavy atom. The van der Waals surface area contributed by atoms with Crippen LogP contribution in [-0.2, 0) is 6.54 Å². The summed E-state index contributed by atoms with van der Waals surface area (Å²) in [6, 6.07) is 14.4. The average molecular weight is 297 g/mol. The van der Waals surface area contributed by atoms with E-state index < -0.39 is 0 Å². The van der Waals surface area contributed by atoms with E-state index >= 15 is 0 Å². The van der Waals surface area contributed by atoms with E-state index in [1.807, 2.05) is 31.3 Å². The molecule has 0 radical (unpaired) electrons. The van der Waals surface area contributed by atoms with Gasteiger partial charge in [0.25, 0.3) is 0 Å². The van der Waals surface area contributed by atoms with Gasteiger partial charge in [0.2, 0.25) is 0 Å². The van der Waals surface area contributed by atoms with Gasteiger partial charge in [0.1, 0.15) is 0 Å². The summed E-state index contributed by atoms with van der Waals surface area (Å²) in [6.45, 7) is 4.84. The monoisotopic (exact) mass is 296 g/mol. The lowest BCUT2D eigenvalue weighted by Crippen LogP contribution is -2.01. The quantitative estimate of drug-likeness (QED) is 0.726. The van der Waals surface area contributed by atoms with Crippen molar-refractivity contribution in [3.63, 3.8) is 0 Å². The number of halogens is 1. The number of rotatable bonds is 3. The molecule has 0 atom stereocenters. The molecule has 0 spiro atoms. The molecule has 0 amide bonds. The van der Waals surface area contributed by atoms with Gasteiger partial charge in [-0.15, -0.1) is 0 Å². The zero-order chi connectivity index (χ0) is 14.8. The molecule has 1 aromatic heterocycles. The minimum Gasteiger partial charge on any atom is -0.380 e. The maximum Gasteiger partial charge on any atom is 0.0751 e. The predicted octanol–water partition coefficient (Wildman–Crippen LogP) is 5.12. The first-order valence-corrected chi connectivity index (χ1v) is 7.36. The standard InChI is InChI=1S/C18H17ClN2/c1-12-5-7-14(10-16(12)19)11-21-17-8-6-13(2)18-15(17)4-3-9-20-18/h3-10,21H,11H2,1-2H3. The first-order chi connectivity index (χ1) is 10.1. The Labute approximate surface area is 129 Å². The average Bonchev–Trinajstić information content (AvgIpc) is 2.50. The minimum absolute atomic E-state index is 0.743. The van der Waals surface area contributed by atoms with Gasteiger partial charge in [-0.1, -0.05) is 29.8 Å². The van der Waals surface area contributed by atoms with E-state index in [0.717, 1.165) is 33.7 Å². The lowest BCUT2D eigenvalue weighted by Gasteiger charge is -2.11. The second-order valence-electron chi connectivity index (χ2n) is 5.27. The summed E-state index contributed by atoms with van der Waals surface area (Å²) in [6.07, 6.45) is 1.83. The highest BCUT2D eigenvalue weighted by molar-refractivity contribution is 6.31. The molecular formula is C18H17ClN2.